The van der Waals surface area contributed by atoms with Crippen molar-refractivity contribution in [2.75, 3.05) is 5.32 Å². The molecular formula is C23H17N5OS. The van der Waals surface area contributed by atoms with E-state index in [0.717, 1.165) is 32.3 Å². The van der Waals surface area contributed by atoms with Gasteiger partial charge in [-0.15, -0.1) is 0 Å². The van der Waals surface area contributed by atoms with E-state index in [1.54, 1.807) is 29.9 Å². The van der Waals surface area contributed by atoms with Gasteiger partial charge in [0.15, 0.2) is 5.13 Å². The maximum atomic E-state index is 6.01. The number of hydrogen-bond donors (Lipinski definition) is 1. The molecule has 5 aromatic rings. The molecule has 0 aliphatic carbocycles. The largest absolute Gasteiger partial charge is 0.437 e. The lowest BCUT2D eigenvalue weighted by Gasteiger charge is -2.10. The van der Waals surface area contributed by atoms with E-state index in [2.05, 4.69) is 31.3 Å². The maximum Gasteiger partial charge on any atom is 0.246 e. The Balaban J connectivity index is 1.35. The number of benzene rings is 2. The number of nitrogens with zero attached hydrogens (tertiary/aromatic N) is 4. The van der Waals surface area contributed by atoms with Crippen molar-refractivity contribution in [2.45, 2.75) is 6.92 Å². The molecule has 5 rings (SSSR count). The van der Waals surface area contributed by atoms with Gasteiger partial charge in [-0.1, -0.05) is 23.5 Å². The average Bonchev–Trinajstić information content (AvgIpc) is 3.18. The Hall–Kier alpha value is -3.84. The first-order valence-electron chi connectivity index (χ1n) is 9.39. The molecule has 0 atom stereocenters. The van der Waals surface area contributed by atoms with E-state index in [1.807, 2.05) is 61.5 Å². The smallest absolute Gasteiger partial charge is 0.246 e. The predicted octanol–water partition coefficient (Wildman–Crippen LogP) is 5.99. The summed E-state index contributed by atoms with van der Waals surface area (Å²) in [4.78, 5) is 17.7. The summed E-state index contributed by atoms with van der Waals surface area (Å²) in [6.07, 6.45) is 5.04. The lowest BCUT2D eigenvalue weighted by atomic mass is 10.2. The van der Waals surface area contributed by atoms with Crippen LogP contribution in [0.3, 0.4) is 0 Å². The first-order valence-corrected chi connectivity index (χ1v) is 10.2. The Morgan fingerprint density at radius 2 is 1.70 bits per heavy atom. The van der Waals surface area contributed by atoms with Crippen LogP contribution in [0.1, 0.15) is 5.69 Å². The van der Waals surface area contributed by atoms with E-state index in [9.17, 15) is 0 Å². The van der Waals surface area contributed by atoms with Gasteiger partial charge in [0, 0.05) is 35.5 Å². The van der Waals surface area contributed by atoms with E-state index in [-0.39, 0.29) is 0 Å². The van der Waals surface area contributed by atoms with Crippen molar-refractivity contribution in [1.29, 1.82) is 0 Å². The van der Waals surface area contributed by atoms with Crippen molar-refractivity contribution in [3.8, 4) is 22.9 Å². The van der Waals surface area contributed by atoms with E-state index in [0.29, 0.717) is 17.3 Å². The zero-order valence-electron chi connectivity index (χ0n) is 16.1. The van der Waals surface area contributed by atoms with Crippen molar-refractivity contribution in [2.24, 2.45) is 0 Å². The van der Waals surface area contributed by atoms with Crippen LogP contribution >= 0.6 is 11.3 Å². The zero-order valence-corrected chi connectivity index (χ0v) is 16.9. The molecule has 0 spiro atoms. The first kappa shape index (κ1) is 18.2. The van der Waals surface area contributed by atoms with Crippen LogP contribution in [0.5, 0.6) is 11.6 Å². The molecule has 3 heterocycles. The number of thiazole rings is 1. The predicted molar refractivity (Wildman–Crippen MR) is 119 cm³/mol. The molecule has 3 aromatic heterocycles. The number of anilines is 2. The molecule has 6 nitrogen and oxygen atoms in total. The third kappa shape index (κ3) is 3.83. The fourth-order valence-corrected chi connectivity index (χ4v) is 3.86. The first-order chi connectivity index (χ1) is 14.7. The van der Waals surface area contributed by atoms with Crippen molar-refractivity contribution >= 4 is 32.4 Å². The van der Waals surface area contributed by atoms with Crippen LogP contribution in [0.25, 0.3) is 21.5 Å². The second-order valence-electron chi connectivity index (χ2n) is 6.64. The number of rotatable bonds is 5. The summed E-state index contributed by atoms with van der Waals surface area (Å²) in [5.74, 6) is 1.11. The van der Waals surface area contributed by atoms with E-state index >= 15 is 0 Å². The summed E-state index contributed by atoms with van der Waals surface area (Å²) in [5, 5.41) is 4.20. The summed E-state index contributed by atoms with van der Waals surface area (Å²) in [6, 6.07) is 19.7. The standard InChI is InChI=1S/C23H17N5OS/c1-15-6-7-16(14-26-15)21-22(25-13-12-24-21)29-18-10-8-17(9-11-18)27-23-28-19-4-2-3-5-20(19)30-23/h2-14H,1H3,(H,27,28). The Kier molecular flexibility index (Phi) is 4.78. The minimum atomic E-state index is 0.440. The minimum Gasteiger partial charge on any atom is -0.437 e. The quantitative estimate of drug-likeness (QED) is 0.383. The molecule has 146 valence electrons. The number of para-hydroxylation sites is 1. The van der Waals surface area contributed by atoms with Crippen LogP contribution in [-0.4, -0.2) is 19.9 Å². The zero-order chi connectivity index (χ0) is 20.3. The van der Waals surface area contributed by atoms with Crippen molar-refractivity contribution in [3.63, 3.8) is 0 Å². The number of aromatic nitrogens is 4. The fourth-order valence-electron chi connectivity index (χ4n) is 2.97. The number of nitrogens with one attached hydrogen (secondary N) is 1. The van der Waals surface area contributed by atoms with Gasteiger partial charge in [-0.3, -0.25) is 4.98 Å². The molecule has 0 unspecified atom stereocenters. The molecule has 0 bridgehead atoms. The highest BCUT2D eigenvalue weighted by Gasteiger charge is 2.11. The molecule has 2 aromatic carbocycles. The molecule has 30 heavy (non-hydrogen) atoms. The Bertz CT molecular complexity index is 1270. The summed E-state index contributed by atoms with van der Waals surface area (Å²) >= 11 is 1.62. The van der Waals surface area contributed by atoms with Gasteiger partial charge in [-0.25, -0.2) is 15.0 Å². The molecule has 0 saturated carbocycles. The third-order valence-corrected chi connectivity index (χ3v) is 5.42. The van der Waals surface area contributed by atoms with Crippen LogP contribution in [0, 0.1) is 6.92 Å². The van der Waals surface area contributed by atoms with Crippen molar-refractivity contribution in [1.82, 2.24) is 19.9 Å². The SMILES string of the molecule is Cc1ccc(-c2nccnc2Oc2ccc(Nc3nc4ccccc4s3)cc2)cn1. The lowest BCUT2D eigenvalue weighted by Crippen LogP contribution is -1.95. The average molecular weight is 411 g/mol. The molecule has 0 aliphatic heterocycles. The van der Waals surface area contributed by atoms with E-state index in [1.165, 1.54) is 0 Å². The summed E-state index contributed by atoms with van der Waals surface area (Å²) < 4.78 is 7.16. The van der Waals surface area contributed by atoms with Crippen LogP contribution in [0.2, 0.25) is 0 Å². The summed E-state index contributed by atoms with van der Waals surface area (Å²) in [7, 11) is 0. The fraction of sp³-hybridized carbons (Fsp3) is 0.0435. The maximum absolute atomic E-state index is 6.01. The third-order valence-electron chi connectivity index (χ3n) is 4.46. The van der Waals surface area contributed by atoms with E-state index < -0.39 is 0 Å². The molecular weight excluding hydrogens is 394 g/mol. The van der Waals surface area contributed by atoms with Gasteiger partial charge in [-0.05, 0) is 55.5 Å². The van der Waals surface area contributed by atoms with Gasteiger partial charge in [0.25, 0.3) is 0 Å². The monoisotopic (exact) mass is 411 g/mol. The highest BCUT2D eigenvalue weighted by molar-refractivity contribution is 7.22. The Labute approximate surface area is 177 Å². The molecule has 0 amide bonds. The minimum absolute atomic E-state index is 0.440. The van der Waals surface area contributed by atoms with Gasteiger partial charge in [-0.2, -0.15) is 0 Å². The molecule has 7 heteroatoms. The molecule has 1 N–H and O–H groups in total. The Morgan fingerprint density at radius 3 is 2.50 bits per heavy atom. The van der Waals surface area contributed by atoms with Gasteiger partial charge >= 0.3 is 0 Å². The van der Waals surface area contributed by atoms with Crippen LogP contribution < -0.4 is 10.1 Å². The normalized spacial score (nSPS) is 10.8. The highest BCUT2D eigenvalue weighted by Crippen LogP contribution is 2.31. The lowest BCUT2D eigenvalue weighted by molar-refractivity contribution is 0.462. The molecule has 0 radical (unpaired) electrons. The van der Waals surface area contributed by atoms with Gasteiger partial charge in [0.1, 0.15) is 11.4 Å². The second-order valence-corrected chi connectivity index (χ2v) is 7.67. The van der Waals surface area contributed by atoms with Crippen molar-refractivity contribution in [3.05, 3.63) is 84.9 Å². The highest BCUT2D eigenvalue weighted by atomic mass is 32.1. The second kappa shape index (κ2) is 7.88. The van der Waals surface area contributed by atoms with Crippen molar-refractivity contribution < 1.29 is 4.74 Å². The number of fused-ring (bicyclic) bond motifs is 1. The molecule has 0 saturated heterocycles. The topological polar surface area (TPSA) is 72.8 Å². The summed E-state index contributed by atoms with van der Waals surface area (Å²) in [6.45, 7) is 1.95. The van der Waals surface area contributed by atoms with Gasteiger partial charge < -0.3 is 10.1 Å². The Morgan fingerprint density at radius 1 is 0.867 bits per heavy atom. The van der Waals surface area contributed by atoms with Crippen LogP contribution in [-0.2, 0) is 0 Å². The van der Waals surface area contributed by atoms with Crippen LogP contribution in [0.4, 0.5) is 10.8 Å². The van der Waals surface area contributed by atoms with Crippen LogP contribution in [0.15, 0.2) is 79.3 Å². The number of pyridine rings is 1. The molecule has 0 aliphatic rings. The van der Waals surface area contributed by atoms with E-state index in [4.69, 9.17) is 4.74 Å². The van der Waals surface area contributed by atoms with Gasteiger partial charge in [0.05, 0.1) is 10.2 Å². The number of aryl methyl sites for hydroxylation is 1. The number of hydrogen-bond acceptors (Lipinski definition) is 7. The van der Waals surface area contributed by atoms with Gasteiger partial charge in [0.2, 0.25) is 5.88 Å². The number of ether oxygens (including phenoxy) is 1. The molecule has 0 fully saturated rings. The summed E-state index contributed by atoms with van der Waals surface area (Å²) in [5.41, 5.74) is 4.38.